The highest BCUT2D eigenvalue weighted by atomic mass is 16.5. The number of likely N-dealkylation sites (tertiary alicyclic amines) is 1. The second-order valence-corrected chi connectivity index (χ2v) is 5.01. The molecule has 17 heavy (non-hydrogen) atoms. The van der Waals surface area contributed by atoms with Gasteiger partial charge < -0.3 is 4.74 Å². The summed E-state index contributed by atoms with van der Waals surface area (Å²) in [5.41, 5.74) is -0.110. The zero-order chi connectivity index (χ0) is 12.5. The molecule has 1 saturated heterocycles. The molecule has 1 saturated carbocycles. The van der Waals surface area contributed by atoms with Crippen LogP contribution >= 0.6 is 0 Å². The summed E-state index contributed by atoms with van der Waals surface area (Å²) in [5.74, 6) is -1.00. The number of hydrogen-bond donors (Lipinski definition) is 0. The molecule has 94 valence electrons. The predicted octanol–water partition coefficient (Wildman–Crippen LogP) is 0.869. The fourth-order valence-electron chi connectivity index (χ4n) is 2.88. The number of rotatable bonds is 2. The molecule has 0 unspecified atom stereocenters. The average Bonchev–Trinajstić information content (AvgIpc) is 2.71. The van der Waals surface area contributed by atoms with E-state index in [0.717, 1.165) is 30.6 Å². The van der Waals surface area contributed by atoms with Crippen LogP contribution in [0.2, 0.25) is 0 Å². The highest BCUT2D eigenvalue weighted by Gasteiger charge is 2.45. The highest BCUT2D eigenvalue weighted by molar-refractivity contribution is 6.01. The Morgan fingerprint density at radius 2 is 1.76 bits per heavy atom. The second-order valence-electron chi connectivity index (χ2n) is 5.01. The quantitative estimate of drug-likeness (QED) is 0.530. The van der Waals surface area contributed by atoms with Gasteiger partial charge in [0.2, 0.25) is 11.8 Å². The third kappa shape index (κ3) is 2.33. The molecule has 2 aliphatic rings. The number of nitrogens with zero attached hydrogens (tertiary/aromatic N) is 1. The maximum atomic E-state index is 11.9. The number of carbonyl (C=O) groups excluding carboxylic acids is 3. The Bertz CT molecular complexity index is 338. The van der Waals surface area contributed by atoms with Crippen molar-refractivity contribution in [2.45, 2.75) is 38.5 Å². The largest absolute Gasteiger partial charge is 0.468 e. The van der Waals surface area contributed by atoms with E-state index in [1.807, 2.05) is 0 Å². The first-order valence-electron chi connectivity index (χ1n) is 5.96. The van der Waals surface area contributed by atoms with Gasteiger partial charge in [0.15, 0.2) is 0 Å². The molecule has 1 spiro atoms. The van der Waals surface area contributed by atoms with E-state index in [9.17, 15) is 14.4 Å². The van der Waals surface area contributed by atoms with Crippen LogP contribution in [-0.2, 0) is 19.1 Å². The minimum absolute atomic E-state index is 0.110. The van der Waals surface area contributed by atoms with Crippen molar-refractivity contribution in [3.05, 3.63) is 0 Å². The zero-order valence-corrected chi connectivity index (χ0v) is 10.0. The maximum Gasteiger partial charge on any atom is 0.325 e. The van der Waals surface area contributed by atoms with Gasteiger partial charge in [0.1, 0.15) is 6.54 Å². The Hall–Kier alpha value is -1.39. The lowest BCUT2D eigenvalue weighted by Crippen LogP contribution is -2.49. The van der Waals surface area contributed by atoms with Crippen molar-refractivity contribution in [3.8, 4) is 0 Å². The van der Waals surface area contributed by atoms with Gasteiger partial charge in [-0.05, 0) is 18.3 Å². The summed E-state index contributed by atoms with van der Waals surface area (Å²) in [5, 5.41) is 0. The standard InChI is InChI=1S/C12H17NO4/c1-17-11(16)8-13-9(14)6-12(7-10(13)15)4-2-3-5-12/h2-8H2,1H3. The smallest absolute Gasteiger partial charge is 0.325 e. The van der Waals surface area contributed by atoms with Gasteiger partial charge in [-0.3, -0.25) is 19.3 Å². The van der Waals surface area contributed by atoms with Gasteiger partial charge >= 0.3 is 5.97 Å². The molecule has 2 fully saturated rings. The number of esters is 1. The fraction of sp³-hybridized carbons (Fsp3) is 0.750. The summed E-state index contributed by atoms with van der Waals surface area (Å²) in [6.45, 7) is -0.246. The van der Waals surface area contributed by atoms with Crippen LogP contribution in [0.3, 0.4) is 0 Å². The Kier molecular flexibility index (Phi) is 3.17. The van der Waals surface area contributed by atoms with Crippen LogP contribution < -0.4 is 0 Å². The summed E-state index contributed by atoms with van der Waals surface area (Å²) in [7, 11) is 1.25. The van der Waals surface area contributed by atoms with Crippen LogP contribution in [0.25, 0.3) is 0 Å². The van der Waals surface area contributed by atoms with E-state index >= 15 is 0 Å². The van der Waals surface area contributed by atoms with Crippen molar-refractivity contribution in [2.24, 2.45) is 5.41 Å². The minimum Gasteiger partial charge on any atom is -0.468 e. The van der Waals surface area contributed by atoms with Crippen molar-refractivity contribution in [1.82, 2.24) is 4.90 Å². The summed E-state index contributed by atoms with van der Waals surface area (Å²) in [6, 6.07) is 0. The highest BCUT2D eigenvalue weighted by Crippen LogP contribution is 2.46. The number of carbonyl (C=O) groups is 3. The van der Waals surface area contributed by atoms with Crippen molar-refractivity contribution in [3.63, 3.8) is 0 Å². The molecule has 5 heteroatoms. The average molecular weight is 239 g/mol. The first kappa shape index (κ1) is 12.1. The van der Waals surface area contributed by atoms with Crippen molar-refractivity contribution >= 4 is 17.8 Å². The normalized spacial score (nSPS) is 23.2. The lowest BCUT2D eigenvalue weighted by Gasteiger charge is -2.36. The number of imide groups is 1. The molecule has 2 rings (SSSR count). The topological polar surface area (TPSA) is 63.7 Å². The Labute approximate surface area is 100 Å². The van der Waals surface area contributed by atoms with E-state index in [1.54, 1.807) is 0 Å². The van der Waals surface area contributed by atoms with Crippen LogP contribution in [0, 0.1) is 5.41 Å². The van der Waals surface area contributed by atoms with E-state index in [1.165, 1.54) is 7.11 Å². The van der Waals surface area contributed by atoms with E-state index in [4.69, 9.17) is 0 Å². The number of hydrogen-bond acceptors (Lipinski definition) is 4. The van der Waals surface area contributed by atoms with Crippen molar-refractivity contribution in [2.75, 3.05) is 13.7 Å². The van der Waals surface area contributed by atoms with Gasteiger partial charge in [-0.2, -0.15) is 0 Å². The Balaban J connectivity index is 2.06. The monoisotopic (exact) mass is 239 g/mol. The van der Waals surface area contributed by atoms with Gasteiger partial charge in [0, 0.05) is 12.8 Å². The molecule has 0 aromatic rings. The maximum absolute atomic E-state index is 11.9. The van der Waals surface area contributed by atoms with Crippen LogP contribution in [0.4, 0.5) is 0 Å². The molecule has 0 atom stereocenters. The molecule has 1 aliphatic heterocycles. The van der Waals surface area contributed by atoms with Gasteiger partial charge in [-0.1, -0.05) is 12.8 Å². The molecule has 0 bridgehead atoms. The van der Waals surface area contributed by atoms with Crippen molar-refractivity contribution in [1.29, 1.82) is 0 Å². The summed E-state index contributed by atoms with van der Waals surface area (Å²) in [6.07, 6.45) is 4.90. The summed E-state index contributed by atoms with van der Waals surface area (Å²) in [4.78, 5) is 36.0. The predicted molar refractivity (Wildman–Crippen MR) is 58.9 cm³/mol. The first-order valence-corrected chi connectivity index (χ1v) is 5.96. The third-order valence-electron chi connectivity index (χ3n) is 3.83. The number of ether oxygens (including phenoxy) is 1. The zero-order valence-electron chi connectivity index (χ0n) is 10.0. The Morgan fingerprint density at radius 1 is 1.24 bits per heavy atom. The lowest BCUT2D eigenvalue weighted by molar-refractivity contribution is -0.160. The molecule has 5 nitrogen and oxygen atoms in total. The van der Waals surface area contributed by atoms with Gasteiger partial charge in [-0.15, -0.1) is 0 Å². The number of methoxy groups -OCH3 is 1. The number of piperidine rings is 1. The first-order chi connectivity index (χ1) is 8.06. The van der Waals surface area contributed by atoms with Crippen LogP contribution in [0.1, 0.15) is 38.5 Å². The molecule has 0 aromatic heterocycles. The van der Waals surface area contributed by atoms with Gasteiger partial charge in [0.25, 0.3) is 0 Å². The minimum atomic E-state index is -0.547. The molecule has 0 N–H and O–H groups in total. The second kappa shape index (κ2) is 4.47. The fourth-order valence-corrected chi connectivity index (χ4v) is 2.88. The van der Waals surface area contributed by atoms with E-state index in [-0.39, 0.29) is 23.8 Å². The van der Waals surface area contributed by atoms with E-state index < -0.39 is 5.97 Å². The van der Waals surface area contributed by atoms with Crippen LogP contribution in [0.5, 0.6) is 0 Å². The van der Waals surface area contributed by atoms with Gasteiger partial charge in [0.05, 0.1) is 7.11 Å². The molecule has 0 radical (unpaired) electrons. The van der Waals surface area contributed by atoms with Crippen LogP contribution in [0.15, 0.2) is 0 Å². The number of amides is 2. The SMILES string of the molecule is COC(=O)CN1C(=O)CC2(CCCC2)CC1=O. The molecular formula is C12H17NO4. The third-order valence-corrected chi connectivity index (χ3v) is 3.83. The van der Waals surface area contributed by atoms with Gasteiger partial charge in [-0.25, -0.2) is 0 Å². The summed E-state index contributed by atoms with van der Waals surface area (Å²) >= 11 is 0. The molecule has 2 amide bonds. The molecular weight excluding hydrogens is 222 g/mol. The summed E-state index contributed by atoms with van der Waals surface area (Å²) < 4.78 is 4.48. The molecule has 0 aromatic carbocycles. The van der Waals surface area contributed by atoms with Crippen LogP contribution in [-0.4, -0.2) is 36.3 Å². The molecule has 1 aliphatic carbocycles. The Morgan fingerprint density at radius 3 is 2.24 bits per heavy atom. The van der Waals surface area contributed by atoms with E-state index in [0.29, 0.717) is 12.8 Å². The molecule has 1 heterocycles. The lowest BCUT2D eigenvalue weighted by atomic mass is 9.76. The van der Waals surface area contributed by atoms with Crippen molar-refractivity contribution < 1.29 is 19.1 Å². The van der Waals surface area contributed by atoms with E-state index in [2.05, 4.69) is 4.74 Å².